The first-order valence-corrected chi connectivity index (χ1v) is 27.9. The van der Waals surface area contributed by atoms with Gasteiger partial charge >= 0.3 is 17.9 Å². The van der Waals surface area contributed by atoms with Crippen molar-refractivity contribution in [2.45, 2.75) is 248 Å². The Kier molecular flexibility index (Phi) is 24.2. The number of esters is 3. The summed E-state index contributed by atoms with van der Waals surface area (Å²) in [4.78, 5) is 39.9. The van der Waals surface area contributed by atoms with Crippen LogP contribution in [0.3, 0.4) is 0 Å². The zero-order valence-electron chi connectivity index (χ0n) is 44.0. The van der Waals surface area contributed by atoms with Gasteiger partial charge in [-0.05, 0) is 56.3 Å². The van der Waals surface area contributed by atoms with Crippen LogP contribution >= 0.6 is 0 Å². The lowest BCUT2D eigenvalue weighted by atomic mass is 9.94. The number of ether oxygens (including phenoxy) is 10. The summed E-state index contributed by atoms with van der Waals surface area (Å²) in [6.45, 7) is 5.56. The molecular weight excluding hydrogens is 935 g/mol. The van der Waals surface area contributed by atoms with Crippen LogP contribution in [0.25, 0.3) is 0 Å². The summed E-state index contributed by atoms with van der Waals surface area (Å²) in [5.41, 5.74) is 19.6. The number of aliphatic hydroxyl groups is 3. The van der Waals surface area contributed by atoms with Gasteiger partial charge in [-0.3, -0.25) is 14.4 Å². The van der Waals surface area contributed by atoms with Crippen molar-refractivity contribution >= 4 is 17.9 Å². The fraction of sp³-hybridized carbons (Fsp3) is 0.943. The third kappa shape index (κ3) is 16.4. The summed E-state index contributed by atoms with van der Waals surface area (Å²) in [5.74, 6) is -1.05. The smallest absolute Gasteiger partial charge is 0.309 e. The van der Waals surface area contributed by atoms with Gasteiger partial charge in [0.05, 0.1) is 35.9 Å². The van der Waals surface area contributed by atoms with E-state index >= 15 is 0 Å². The van der Waals surface area contributed by atoms with Crippen molar-refractivity contribution in [1.29, 1.82) is 0 Å². The molecule has 0 bridgehead atoms. The largest absolute Gasteiger partial charge is 0.463 e. The Labute approximate surface area is 428 Å². The van der Waals surface area contributed by atoms with Crippen molar-refractivity contribution in [1.82, 2.24) is 0 Å². The van der Waals surface area contributed by atoms with E-state index in [1.165, 1.54) is 52.7 Å². The predicted molar refractivity (Wildman–Crippen MR) is 263 cm³/mol. The molecule has 6 aliphatic rings. The van der Waals surface area contributed by atoms with Crippen LogP contribution in [0.2, 0.25) is 0 Å². The number of aliphatic hydroxyl groups excluding tert-OH is 3. The summed E-state index contributed by atoms with van der Waals surface area (Å²) in [6.07, 6.45) is 6.81. The van der Waals surface area contributed by atoms with Crippen LogP contribution in [0.5, 0.6) is 0 Å². The minimum Gasteiger partial charge on any atom is -0.463 e. The molecule has 9 N–H and O–H groups in total. The summed E-state index contributed by atoms with van der Waals surface area (Å²) in [6, 6.07) is -3.70. The van der Waals surface area contributed by atoms with E-state index in [1.807, 2.05) is 0 Å². The van der Waals surface area contributed by atoms with Gasteiger partial charge in [-0.25, -0.2) is 0 Å². The van der Waals surface area contributed by atoms with E-state index in [-0.39, 0.29) is 60.7 Å². The fourth-order valence-corrected chi connectivity index (χ4v) is 11.0. The molecule has 0 aromatic rings. The highest BCUT2D eigenvalue weighted by molar-refractivity contribution is 5.76. The quantitative estimate of drug-likeness (QED) is 0.0304. The standard InChI is InChI=1S/C53H93N3O16/c1-6-9-12-15-18-21-30-24-33(30)48(60)65-27-36-45(63-4)42(57)40(55)52(69-36)72-47-38(29-67-50(62)35-26-32(35)23-20-17-14-11-8-3)70-53(41(56)44(47)59)71-46-37(68-51(64-5)39(54)43(46)58)28-66-49(61)34-25-31(34)22-19-16-13-10-7-2/h30-47,51-53,57-59H,6-29,54-56H2,1-5H3. The topological polar surface area (TPSA) is 282 Å². The maximum absolute atomic E-state index is 13.5. The maximum Gasteiger partial charge on any atom is 0.309 e. The molecule has 21 atom stereocenters. The zero-order valence-corrected chi connectivity index (χ0v) is 44.0. The van der Waals surface area contributed by atoms with E-state index in [0.717, 1.165) is 89.9 Å². The molecule has 3 saturated heterocycles. The summed E-state index contributed by atoms with van der Waals surface area (Å²) in [5, 5.41) is 35.1. The summed E-state index contributed by atoms with van der Waals surface area (Å²) >= 11 is 0. The third-order valence-electron chi connectivity index (χ3n) is 16.1. The van der Waals surface area contributed by atoms with Crippen molar-refractivity contribution in [2.75, 3.05) is 34.0 Å². The Morgan fingerprint density at radius 1 is 0.444 bits per heavy atom. The number of rotatable bonds is 33. The Morgan fingerprint density at radius 3 is 1.08 bits per heavy atom. The van der Waals surface area contributed by atoms with E-state index in [9.17, 15) is 29.7 Å². The number of hydrogen-bond donors (Lipinski definition) is 6. The number of hydrogen-bond acceptors (Lipinski definition) is 19. The molecule has 3 aliphatic carbocycles. The second-order valence-corrected chi connectivity index (χ2v) is 21.8. The molecule has 0 aromatic carbocycles. The highest BCUT2D eigenvalue weighted by Crippen LogP contribution is 2.46. The highest BCUT2D eigenvalue weighted by Gasteiger charge is 2.55. The molecule has 0 spiro atoms. The first kappa shape index (κ1) is 59.1. The van der Waals surface area contributed by atoms with E-state index in [4.69, 9.17) is 64.6 Å². The van der Waals surface area contributed by atoms with E-state index in [1.54, 1.807) is 0 Å². The monoisotopic (exact) mass is 1030 g/mol. The summed E-state index contributed by atoms with van der Waals surface area (Å²) in [7, 11) is 2.77. The molecule has 19 nitrogen and oxygen atoms in total. The highest BCUT2D eigenvalue weighted by atomic mass is 16.8. The lowest BCUT2D eigenvalue weighted by molar-refractivity contribution is -0.349. The predicted octanol–water partition coefficient (Wildman–Crippen LogP) is 4.28. The van der Waals surface area contributed by atoms with Gasteiger partial charge in [0.2, 0.25) is 0 Å². The number of carbonyl (C=O) groups excluding carboxylic acids is 3. The van der Waals surface area contributed by atoms with Gasteiger partial charge in [-0.15, -0.1) is 0 Å². The Bertz CT molecular complexity index is 1630. The minimum atomic E-state index is -1.60. The van der Waals surface area contributed by atoms with Gasteiger partial charge in [0.25, 0.3) is 0 Å². The minimum absolute atomic E-state index is 0.194. The third-order valence-corrected chi connectivity index (χ3v) is 16.1. The van der Waals surface area contributed by atoms with Crippen LogP contribution in [-0.2, 0) is 61.8 Å². The molecule has 72 heavy (non-hydrogen) atoms. The number of nitrogens with two attached hydrogens (primary N) is 3. The van der Waals surface area contributed by atoms with Gasteiger partial charge in [0.15, 0.2) is 18.9 Å². The van der Waals surface area contributed by atoms with Crippen LogP contribution in [0.15, 0.2) is 0 Å². The molecule has 0 amide bonds. The van der Waals surface area contributed by atoms with Crippen molar-refractivity contribution in [3.63, 3.8) is 0 Å². The SMILES string of the molecule is CCCCCCCC1CC1C(=O)OCC1OC(OC2C(COC(=O)C3CC3CCCCCCC)OC(OC3C(COC(=O)C4CC4CCCCCCC)OC(OC)C(N)C3O)C(N)C2O)C(N)C(O)C1OC. The fourth-order valence-electron chi connectivity index (χ4n) is 11.0. The number of unbranched alkanes of at least 4 members (excludes halogenated alkanes) is 12. The first-order valence-electron chi connectivity index (χ1n) is 27.9. The molecule has 6 rings (SSSR count). The van der Waals surface area contributed by atoms with Gasteiger partial charge in [0.1, 0.15) is 74.8 Å². The summed E-state index contributed by atoms with van der Waals surface area (Å²) < 4.78 is 60.0. The molecule has 416 valence electrons. The molecular formula is C53H93N3O16. The Balaban J connectivity index is 1.12. The average Bonchev–Trinajstić information content (AvgIpc) is 4.29. The van der Waals surface area contributed by atoms with E-state index in [0.29, 0.717) is 6.42 Å². The second kappa shape index (κ2) is 29.4. The number of carbonyl (C=O) groups is 3. The Hall–Kier alpha value is -2.11. The molecule has 3 heterocycles. The van der Waals surface area contributed by atoms with Crippen LogP contribution in [-0.4, -0.2) is 159 Å². The lowest BCUT2D eigenvalue weighted by Gasteiger charge is -2.49. The van der Waals surface area contributed by atoms with Crippen LogP contribution in [0.1, 0.15) is 156 Å². The van der Waals surface area contributed by atoms with E-state index < -0.39 is 105 Å². The van der Waals surface area contributed by atoms with Gasteiger partial charge < -0.3 is 79.9 Å². The molecule has 21 unspecified atom stereocenters. The lowest BCUT2D eigenvalue weighted by Crippen LogP contribution is -2.69. The van der Waals surface area contributed by atoms with Crippen molar-refractivity contribution in [3.05, 3.63) is 0 Å². The molecule has 0 aromatic heterocycles. The van der Waals surface area contributed by atoms with Crippen molar-refractivity contribution in [3.8, 4) is 0 Å². The normalized spacial score (nSPS) is 39.3. The number of methoxy groups -OCH3 is 2. The molecule has 6 fully saturated rings. The van der Waals surface area contributed by atoms with Gasteiger partial charge in [-0.1, -0.05) is 117 Å². The molecule has 3 saturated carbocycles. The Morgan fingerprint density at radius 2 is 0.750 bits per heavy atom. The van der Waals surface area contributed by atoms with Crippen LogP contribution < -0.4 is 17.2 Å². The van der Waals surface area contributed by atoms with Crippen molar-refractivity contribution in [2.24, 2.45) is 52.7 Å². The van der Waals surface area contributed by atoms with Gasteiger partial charge in [-0.2, -0.15) is 0 Å². The van der Waals surface area contributed by atoms with Crippen LogP contribution in [0.4, 0.5) is 0 Å². The first-order chi connectivity index (χ1) is 34.8. The van der Waals surface area contributed by atoms with E-state index in [2.05, 4.69) is 20.8 Å². The zero-order chi connectivity index (χ0) is 51.9. The average molecular weight is 1030 g/mol. The van der Waals surface area contributed by atoms with Gasteiger partial charge in [0, 0.05) is 14.2 Å². The van der Waals surface area contributed by atoms with Crippen LogP contribution in [0, 0.1) is 35.5 Å². The molecule has 0 radical (unpaired) electrons. The maximum atomic E-state index is 13.5. The molecule has 3 aliphatic heterocycles. The second-order valence-electron chi connectivity index (χ2n) is 21.8. The molecule has 19 heteroatoms. The van der Waals surface area contributed by atoms with Crippen molar-refractivity contribution < 1.29 is 77.1 Å².